The molecule has 118 valence electrons. The Kier molecular flexibility index (Phi) is 4.59. The molecule has 0 radical (unpaired) electrons. The van der Waals surface area contributed by atoms with E-state index in [1.54, 1.807) is 12.2 Å². The van der Waals surface area contributed by atoms with Gasteiger partial charge in [0.25, 0.3) is 0 Å². The van der Waals surface area contributed by atoms with Crippen LogP contribution in [0.2, 0.25) is 0 Å². The molecule has 0 aliphatic heterocycles. The van der Waals surface area contributed by atoms with Gasteiger partial charge in [0.1, 0.15) is 5.41 Å². The summed E-state index contributed by atoms with van der Waals surface area (Å²) in [5, 5.41) is 0. The fourth-order valence-corrected chi connectivity index (χ4v) is 3.32. The zero-order valence-electron chi connectivity index (χ0n) is 12.5. The van der Waals surface area contributed by atoms with E-state index in [4.69, 9.17) is 4.74 Å². The highest BCUT2D eigenvalue weighted by Crippen LogP contribution is 2.48. The first-order valence-electron chi connectivity index (χ1n) is 7.07. The molecule has 0 spiro atoms. The first-order valence-corrected chi connectivity index (χ1v) is 7.07. The van der Waals surface area contributed by atoms with Crippen molar-refractivity contribution in [2.75, 3.05) is 14.2 Å². The van der Waals surface area contributed by atoms with Gasteiger partial charge in [0.15, 0.2) is 0 Å². The number of rotatable bonds is 4. The minimum atomic E-state index is -1.57. The summed E-state index contributed by atoms with van der Waals surface area (Å²) in [6, 6.07) is 0. The van der Waals surface area contributed by atoms with Crippen molar-refractivity contribution < 1.29 is 28.7 Å². The van der Waals surface area contributed by atoms with Crippen LogP contribution in [-0.2, 0) is 28.7 Å². The fraction of sp³-hybridized carbons (Fsp3) is 0.500. The smallest absolute Gasteiger partial charge is 0.321 e. The van der Waals surface area contributed by atoms with Crippen LogP contribution >= 0.6 is 0 Å². The molecule has 6 nitrogen and oxygen atoms in total. The molecular weight excluding hydrogens is 288 g/mol. The highest BCUT2D eigenvalue weighted by atomic mass is 16.5. The molecule has 3 atom stereocenters. The normalized spacial score (nSPS) is 29.9. The van der Waals surface area contributed by atoms with Crippen LogP contribution in [0.15, 0.2) is 24.3 Å². The van der Waals surface area contributed by atoms with Gasteiger partial charge < -0.3 is 9.47 Å². The molecule has 0 bridgehead atoms. The largest absolute Gasteiger partial charge is 0.469 e. The van der Waals surface area contributed by atoms with Gasteiger partial charge in [0.2, 0.25) is 11.6 Å². The summed E-state index contributed by atoms with van der Waals surface area (Å²) in [6.45, 7) is 0. The van der Waals surface area contributed by atoms with Crippen molar-refractivity contribution in [3.8, 4) is 0 Å². The van der Waals surface area contributed by atoms with Crippen LogP contribution in [0, 0.1) is 17.3 Å². The molecule has 2 aliphatic carbocycles. The molecular formula is C16H18O6. The van der Waals surface area contributed by atoms with Gasteiger partial charge in [-0.3, -0.25) is 19.2 Å². The average Bonchev–Trinajstić information content (AvgIpc) is 2.54. The predicted octanol–water partition coefficient (Wildman–Crippen LogP) is 0.999. The van der Waals surface area contributed by atoms with E-state index >= 15 is 0 Å². The summed E-state index contributed by atoms with van der Waals surface area (Å²) < 4.78 is 9.44. The number of ketones is 2. The molecule has 0 aromatic rings. The summed E-state index contributed by atoms with van der Waals surface area (Å²) in [6.07, 6.45) is 7.16. The lowest BCUT2D eigenvalue weighted by atomic mass is 9.56. The molecule has 0 amide bonds. The number of esters is 2. The van der Waals surface area contributed by atoms with Gasteiger partial charge >= 0.3 is 11.9 Å². The molecule has 0 heterocycles. The third-order valence-electron chi connectivity index (χ3n) is 4.42. The van der Waals surface area contributed by atoms with E-state index in [1.807, 2.05) is 6.08 Å². The Morgan fingerprint density at radius 3 is 2.59 bits per heavy atom. The van der Waals surface area contributed by atoms with Crippen molar-refractivity contribution in [3.63, 3.8) is 0 Å². The van der Waals surface area contributed by atoms with Crippen LogP contribution in [0.1, 0.15) is 19.3 Å². The minimum absolute atomic E-state index is 0.0577. The van der Waals surface area contributed by atoms with Gasteiger partial charge in [0.05, 0.1) is 14.2 Å². The quantitative estimate of drug-likeness (QED) is 0.333. The maximum Gasteiger partial charge on any atom is 0.321 e. The molecule has 0 fully saturated rings. The zero-order chi connectivity index (χ0) is 16.3. The van der Waals surface area contributed by atoms with Gasteiger partial charge in [0, 0.05) is 18.3 Å². The number of allylic oxidation sites excluding steroid dienone is 4. The summed E-state index contributed by atoms with van der Waals surface area (Å²) in [7, 11) is 2.47. The Labute approximate surface area is 128 Å². The molecule has 0 N–H and O–H groups in total. The molecule has 2 rings (SSSR count). The van der Waals surface area contributed by atoms with Crippen LogP contribution in [0.3, 0.4) is 0 Å². The number of hydrogen-bond acceptors (Lipinski definition) is 6. The number of carbonyl (C=O) groups excluding carboxylic acids is 4. The Hall–Kier alpha value is -2.24. The fourth-order valence-electron chi connectivity index (χ4n) is 3.32. The Morgan fingerprint density at radius 1 is 1.23 bits per heavy atom. The lowest BCUT2D eigenvalue weighted by Crippen LogP contribution is -2.56. The van der Waals surface area contributed by atoms with Gasteiger partial charge in [-0.05, 0) is 18.9 Å². The van der Waals surface area contributed by atoms with Gasteiger partial charge in [-0.25, -0.2) is 0 Å². The second-order valence-electron chi connectivity index (χ2n) is 5.40. The monoisotopic (exact) mass is 306 g/mol. The Morgan fingerprint density at radius 2 is 1.95 bits per heavy atom. The molecule has 22 heavy (non-hydrogen) atoms. The molecule has 0 unspecified atom stereocenters. The maximum atomic E-state index is 12.6. The Balaban J connectivity index is 2.44. The standard InChI is InChI=1S/C16H18O6/c1-21-13(18)9-7-11-5-3-4-10-6-8-12(17)14(19)16(10,11)15(20)22-2/h3,5-6,8,10-11H,4,7,9H2,1-2H3/t10-,11+,16-/m0/s1. The van der Waals surface area contributed by atoms with Crippen LogP contribution in [0.25, 0.3) is 0 Å². The summed E-state index contributed by atoms with van der Waals surface area (Å²) in [5.74, 6) is -3.62. The van der Waals surface area contributed by atoms with Crippen molar-refractivity contribution in [1.29, 1.82) is 0 Å². The summed E-state index contributed by atoms with van der Waals surface area (Å²) >= 11 is 0. The van der Waals surface area contributed by atoms with E-state index in [0.717, 1.165) is 0 Å². The molecule has 6 heteroatoms. The van der Waals surface area contributed by atoms with Gasteiger partial charge in [-0.2, -0.15) is 0 Å². The van der Waals surface area contributed by atoms with Crippen molar-refractivity contribution in [3.05, 3.63) is 24.3 Å². The maximum absolute atomic E-state index is 12.6. The van der Waals surface area contributed by atoms with Crippen molar-refractivity contribution >= 4 is 23.5 Å². The summed E-state index contributed by atoms with van der Waals surface area (Å²) in [4.78, 5) is 48.2. The van der Waals surface area contributed by atoms with Crippen molar-refractivity contribution in [2.24, 2.45) is 17.3 Å². The minimum Gasteiger partial charge on any atom is -0.469 e. The average molecular weight is 306 g/mol. The van der Waals surface area contributed by atoms with Crippen LogP contribution in [0.4, 0.5) is 0 Å². The van der Waals surface area contributed by atoms with Crippen LogP contribution in [0.5, 0.6) is 0 Å². The highest BCUT2D eigenvalue weighted by Gasteiger charge is 2.60. The third kappa shape index (κ3) is 2.38. The number of carbonyl (C=O) groups is 4. The number of fused-ring (bicyclic) bond motifs is 1. The van der Waals surface area contributed by atoms with E-state index in [-0.39, 0.29) is 12.8 Å². The lowest BCUT2D eigenvalue weighted by molar-refractivity contribution is -0.168. The molecule has 0 saturated carbocycles. The van der Waals surface area contributed by atoms with E-state index < -0.39 is 40.8 Å². The van der Waals surface area contributed by atoms with Crippen LogP contribution < -0.4 is 0 Å². The predicted molar refractivity (Wildman–Crippen MR) is 75.6 cm³/mol. The zero-order valence-corrected chi connectivity index (χ0v) is 12.5. The topological polar surface area (TPSA) is 86.7 Å². The van der Waals surface area contributed by atoms with E-state index in [2.05, 4.69) is 4.74 Å². The number of ether oxygens (including phenoxy) is 2. The first-order chi connectivity index (χ1) is 10.5. The Bertz CT molecular complexity index is 573. The van der Waals surface area contributed by atoms with Crippen molar-refractivity contribution in [2.45, 2.75) is 19.3 Å². The second kappa shape index (κ2) is 6.25. The van der Waals surface area contributed by atoms with E-state index in [0.29, 0.717) is 6.42 Å². The molecule has 0 aromatic heterocycles. The van der Waals surface area contributed by atoms with E-state index in [1.165, 1.54) is 20.3 Å². The van der Waals surface area contributed by atoms with Gasteiger partial charge in [-0.1, -0.05) is 18.2 Å². The number of Topliss-reactive ketones (excluding diaryl/α,β-unsaturated/α-hetero) is 1. The van der Waals surface area contributed by atoms with Crippen molar-refractivity contribution in [1.82, 2.24) is 0 Å². The number of hydrogen-bond donors (Lipinski definition) is 0. The number of methoxy groups -OCH3 is 2. The molecule has 0 aromatic carbocycles. The van der Waals surface area contributed by atoms with Crippen LogP contribution in [-0.4, -0.2) is 37.7 Å². The second-order valence-corrected chi connectivity index (χ2v) is 5.40. The third-order valence-corrected chi connectivity index (χ3v) is 4.42. The first kappa shape index (κ1) is 16.1. The SMILES string of the molecule is COC(=O)CC[C@H]1C=CC[C@H]2C=CC(=O)C(=O)[C@]21C(=O)OC. The molecule has 0 saturated heterocycles. The van der Waals surface area contributed by atoms with Gasteiger partial charge in [-0.15, -0.1) is 0 Å². The molecule has 2 aliphatic rings. The van der Waals surface area contributed by atoms with E-state index in [9.17, 15) is 19.2 Å². The summed E-state index contributed by atoms with van der Waals surface area (Å²) in [5.41, 5.74) is -1.57. The lowest BCUT2D eigenvalue weighted by Gasteiger charge is -2.43. The highest BCUT2D eigenvalue weighted by molar-refractivity contribution is 6.47.